The second-order valence-corrected chi connectivity index (χ2v) is 7.11. The number of carbonyl (C=O) groups is 2. The minimum Gasteiger partial charge on any atom is -0.452 e. The van der Waals surface area contributed by atoms with Gasteiger partial charge in [0.25, 0.3) is 5.91 Å². The summed E-state index contributed by atoms with van der Waals surface area (Å²) in [6, 6.07) is 13.7. The first-order valence-corrected chi connectivity index (χ1v) is 9.61. The number of benzene rings is 2. The Morgan fingerprint density at radius 1 is 1.21 bits per heavy atom. The van der Waals surface area contributed by atoms with Gasteiger partial charge in [-0.3, -0.25) is 4.79 Å². The minimum atomic E-state index is -0.592. The van der Waals surface area contributed by atoms with Crippen molar-refractivity contribution in [1.29, 1.82) is 0 Å². The van der Waals surface area contributed by atoms with Gasteiger partial charge in [0.2, 0.25) is 5.89 Å². The molecule has 3 aromatic rings. The Hall–Kier alpha value is -2.84. The lowest BCUT2D eigenvalue weighted by Crippen LogP contribution is -2.21. The van der Waals surface area contributed by atoms with E-state index in [0.717, 1.165) is 0 Å². The van der Waals surface area contributed by atoms with E-state index in [9.17, 15) is 9.59 Å². The van der Waals surface area contributed by atoms with Crippen LogP contribution in [0.2, 0.25) is 5.02 Å². The van der Waals surface area contributed by atoms with E-state index in [2.05, 4.69) is 15.5 Å². The fourth-order valence-corrected chi connectivity index (χ4v) is 3.34. The monoisotopic (exact) mass is 417 g/mol. The molecule has 7 nitrogen and oxygen atoms in total. The molecule has 0 fully saturated rings. The van der Waals surface area contributed by atoms with Gasteiger partial charge in [0.1, 0.15) is 0 Å². The van der Waals surface area contributed by atoms with Crippen molar-refractivity contribution in [1.82, 2.24) is 10.1 Å². The fourth-order valence-electron chi connectivity index (χ4n) is 2.27. The number of nitrogens with zero attached hydrogens (tertiary/aromatic N) is 2. The molecule has 9 heteroatoms. The van der Waals surface area contributed by atoms with Crippen molar-refractivity contribution in [3.63, 3.8) is 0 Å². The largest absolute Gasteiger partial charge is 0.452 e. The van der Waals surface area contributed by atoms with Crippen LogP contribution in [0.5, 0.6) is 0 Å². The molecular weight excluding hydrogens is 402 g/mol. The number of halogens is 1. The number of aromatic nitrogens is 2. The fraction of sp³-hybridized carbons (Fsp3) is 0.158. The highest BCUT2D eigenvalue weighted by molar-refractivity contribution is 7.98. The van der Waals surface area contributed by atoms with Crippen molar-refractivity contribution < 1.29 is 18.8 Å². The molecule has 0 spiro atoms. The number of nitrogens with one attached hydrogen (secondary N) is 1. The molecule has 0 aliphatic heterocycles. The van der Waals surface area contributed by atoms with Crippen LogP contribution in [0.15, 0.2) is 57.9 Å². The number of rotatable bonds is 7. The number of anilines is 1. The smallest absolute Gasteiger partial charge is 0.339 e. The van der Waals surface area contributed by atoms with Crippen LogP contribution in [0.25, 0.3) is 0 Å². The van der Waals surface area contributed by atoms with E-state index < -0.39 is 18.5 Å². The molecule has 1 aromatic heterocycles. The van der Waals surface area contributed by atoms with Gasteiger partial charge in [-0.2, -0.15) is 4.98 Å². The zero-order chi connectivity index (χ0) is 19.9. The van der Waals surface area contributed by atoms with Crippen molar-refractivity contribution >= 4 is 40.9 Å². The first-order valence-electron chi connectivity index (χ1n) is 8.25. The normalized spacial score (nSPS) is 10.5. The summed E-state index contributed by atoms with van der Waals surface area (Å²) in [7, 11) is 0. The quantitative estimate of drug-likeness (QED) is 0.456. The number of carbonyl (C=O) groups excluding carboxylic acids is 2. The number of hydrogen-bond donors (Lipinski definition) is 1. The van der Waals surface area contributed by atoms with E-state index in [4.69, 9.17) is 20.9 Å². The predicted molar refractivity (Wildman–Crippen MR) is 105 cm³/mol. The molecule has 3 rings (SSSR count). The molecule has 2 aromatic carbocycles. The summed E-state index contributed by atoms with van der Waals surface area (Å²) in [5, 5.41) is 6.85. The van der Waals surface area contributed by atoms with Crippen LogP contribution in [0.1, 0.15) is 22.1 Å². The van der Waals surface area contributed by atoms with Gasteiger partial charge >= 0.3 is 5.97 Å². The average Bonchev–Trinajstić information content (AvgIpc) is 3.10. The summed E-state index contributed by atoms with van der Waals surface area (Å²) in [6.07, 6.45) is 0. The number of ether oxygens (including phenoxy) is 1. The standard InChI is InChI=1S/C19H16ClN3O4S/c1-12-21-18(27-23-12)11-28-16-8-3-2-7-15(16)19(25)26-10-17(24)22-14-6-4-5-13(20)9-14/h2-9H,10-11H2,1H3,(H,22,24). The van der Waals surface area contributed by atoms with Crippen molar-refractivity contribution in [2.45, 2.75) is 17.6 Å². The maximum atomic E-state index is 12.4. The van der Waals surface area contributed by atoms with E-state index in [0.29, 0.717) is 38.6 Å². The second kappa shape index (κ2) is 9.38. The molecule has 0 bridgehead atoms. The maximum absolute atomic E-state index is 12.4. The molecule has 0 radical (unpaired) electrons. The van der Waals surface area contributed by atoms with Crippen LogP contribution >= 0.6 is 23.4 Å². The summed E-state index contributed by atoms with van der Waals surface area (Å²) < 4.78 is 10.2. The number of amides is 1. The molecule has 1 N–H and O–H groups in total. The third kappa shape index (κ3) is 5.58. The topological polar surface area (TPSA) is 94.3 Å². The van der Waals surface area contributed by atoms with Gasteiger partial charge in [-0.25, -0.2) is 4.79 Å². The van der Waals surface area contributed by atoms with Gasteiger partial charge in [-0.15, -0.1) is 11.8 Å². The van der Waals surface area contributed by atoms with E-state index in [-0.39, 0.29) is 0 Å². The minimum absolute atomic E-state index is 0.360. The predicted octanol–water partition coefficient (Wildman–Crippen LogP) is 4.12. The molecule has 0 atom stereocenters. The molecule has 144 valence electrons. The van der Waals surface area contributed by atoms with E-state index >= 15 is 0 Å². The molecule has 1 heterocycles. The highest BCUT2D eigenvalue weighted by Crippen LogP contribution is 2.26. The average molecular weight is 418 g/mol. The molecule has 0 aliphatic carbocycles. The maximum Gasteiger partial charge on any atom is 0.339 e. The third-order valence-electron chi connectivity index (χ3n) is 3.47. The van der Waals surface area contributed by atoms with Gasteiger partial charge in [-0.1, -0.05) is 35.0 Å². The van der Waals surface area contributed by atoms with Crippen LogP contribution in [0.4, 0.5) is 5.69 Å². The van der Waals surface area contributed by atoms with E-state index in [1.54, 1.807) is 49.4 Å². The Balaban J connectivity index is 1.57. The van der Waals surface area contributed by atoms with Crippen molar-refractivity contribution in [2.75, 3.05) is 11.9 Å². The summed E-state index contributed by atoms with van der Waals surface area (Å²) in [4.78, 5) is 29.2. The summed E-state index contributed by atoms with van der Waals surface area (Å²) in [5.41, 5.74) is 0.888. The lowest BCUT2D eigenvalue weighted by atomic mass is 10.2. The molecule has 0 aliphatic rings. The Bertz CT molecular complexity index is 993. The molecular formula is C19H16ClN3O4S. The highest BCUT2D eigenvalue weighted by atomic mass is 35.5. The zero-order valence-electron chi connectivity index (χ0n) is 14.8. The number of aryl methyl sites for hydroxylation is 1. The molecule has 0 saturated heterocycles. The van der Waals surface area contributed by atoms with Crippen molar-refractivity contribution in [2.24, 2.45) is 0 Å². The highest BCUT2D eigenvalue weighted by Gasteiger charge is 2.16. The molecule has 28 heavy (non-hydrogen) atoms. The Morgan fingerprint density at radius 2 is 2.04 bits per heavy atom. The van der Waals surface area contributed by atoms with Crippen molar-refractivity contribution in [3.8, 4) is 0 Å². The van der Waals surface area contributed by atoms with Gasteiger partial charge < -0.3 is 14.6 Å². The molecule has 1 amide bonds. The third-order valence-corrected chi connectivity index (χ3v) is 4.76. The van der Waals surface area contributed by atoms with Gasteiger partial charge in [-0.05, 0) is 37.3 Å². The summed E-state index contributed by atoms with van der Waals surface area (Å²) >= 11 is 7.24. The van der Waals surface area contributed by atoms with Crippen molar-refractivity contribution in [3.05, 3.63) is 70.8 Å². The number of hydrogen-bond acceptors (Lipinski definition) is 7. The van der Waals surface area contributed by atoms with Crippen LogP contribution < -0.4 is 5.32 Å². The van der Waals surface area contributed by atoms with Gasteiger partial charge in [0, 0.05) is 15.6 Å². The first-order chi connectivity index (χ1) is 13.5. The van der Waals surface area contributed by atoms with Crippen LogP contribution in [0.3, 0.4) is 0 Å². The zero-order valence-corrected chi connectivity index (χ0v) is 16.4. The van der Waals surface area contributed by atoms with Crippen LogP contribution in [0, 0.1) is 6.92 Å². The van der Waals surface area contributed by atoms with Crippen LogP contribution in [-0.4, -0.2) is 28.6 Å². The SMILES string of the molecule is Cc1noc(CSc2ccccc2C(=O)OCC(=O)Nc2cccc(Cl)c2)n1. The molecule has 0 saturated carbocycles. The second-order valence-electron chi connectivity index (χ2n) is 5.65. The summed E-state index contributed by atoms with van der Waals surface area (Å²) in [6.45, 7) is 1.32. The Kier molecular flexibility index (Phi) is 6.67. The summed E-state index contributed by atoms with van der Waals surface area (Å²) in [5.74, 6) is 0.383. The van der Waals surface area contributed by atoms with Crippen LogP contribution in [-0.2, 0) is 15.3 Å². The van der Waals surface area contributed by atoms with Gasteiger partial charge in [0.05, 0.1) is 11.3 Å². The lowest BCUT2D eigenvalue weighted by molar-refractivity contribution is -0.119. The van der Waals surface area contributed by atoms with Gasteiger partial charge in [0.15, 0.2) is 12.4 Å². The molecule has 0 unspecified atom stereocenters. The Labute approximate surface area is 170 Å². The Morgan fingerprint density at radius 3 is 2.79 bits per heavy atom. The van der Waals surface area contributed by atoms with E-state index in [1.807, 2.05) is 6.07 Å². The number of esters is 1. The first kappa shape index (κ1) is 19.9. The number of thioether (sulfide) groups is 1. The lowest BCUT2D eigenvalue weighted by Gasteiger charge is -2.09. The van der Waals surface area contributed by atoms with E-state index in [1.165, 1.54) is 11.8 Å².